The summed E-state index contributed by atoms with van der Waals surface area (Å²) in [5, 5.41) is 8.81. The van der Waals surface area contributed by atoms with Gasteiger partial charge in [0.2, 0.25) is 0 Å². The van der Waals surface area contributed by atoms with Crippen molar-refractivity contribution in [2.75, 3.05) is 27.3 Å². The molecule has 0 fully saturated rings. The second kappa shape index (κ2) is 6.62. The van der Waals surface area contributed by atoms with E-state index in [1.54, 1.807) is 7.11 Å². The van der Waals surface area contributed by atoms with Crippen molar-refractivity contribution in [2.45, 2.75) is 26.8 Å². The lowest BCUT2D eigenvalue weighted by atomic mass is 10.0. The fourth-order valence-corrected chi connectivity index (χ4v) is 1.95. The molecule has 3 heteroatoms. The number of benzene rings is 1. The molecule has 0 atom stereocenters. The third-order valence-electron chi connectivity index (χ3n) is 3.21. The smallest absolute Gasteiger partial charge is 0.122 e. The second-order valence-electron chi connectivity index (χ2n) is 4.49. The normalized spacial score (nSPS) is 10.9. The zero-order valence-corrected chi connectivity index (χ0v) is 11.3. The number of aliphatic hydroxyl groups excluding tert-OH is 1. The Kier molecular flexibility index (Phi) is 5.45. The van der Waals surface area contributed by atoms with Crippen LogP contribution >= 0.6 is 0 Å². The van der Waals surface area contributed by atoms with Crippen molar-refractivity contribution in [1.82, 2.24) is 4.90 Å². The van der Waals surface area contributed by atoms with Gasteiger partial charge in [0.1, 0.15) is 5.75 Å². The number of nitrogens with zero attached hydrogens (tertiary/aromatic N) is 1. The fourth-order valence-electron chi connectivity index (χ4n) is 1.95. The molecule has 0 spiro atoms. The summed E-state index contributed by atoms with van der Waals surface area (Å²) < 4.78 is 5.30. The van der Waals surface area contributed by atoms with Gasteiger partial charge in [-0.3, -0.25) is 0 Å². The first-order valence-electron chi connectivity index (χ1n) is 6.02. The molecule has 0 aromatic heterocycles. The lowest BCUT2D eigenvalue weighted by Gasteiger charge is -2.19. The van der Waals surface area contributed by atoms with Crippen LogP contribution in [-0.2, 0) is 6.54 Å². The van der Waals surface area contributed by atoms with Crippen LogP contribution in [0.1, 0.15) is 23.1 Å². The zero-order chi connectivity index (χ0) is 12.8. The Hall–Kier alpha value is -1.06. The maximum atomic E-state index is 8.81. The first kappa shape index (κ1) is 14.0. The number of aliphatic hydroxyl groups is 1. The van der Waals surface area contributed by atoms with E-state index in [0.717, 1.165) is 25.3 Å². The third-order valence-corrected chi connectivity index (χ3v) is 3.21. The number of hydrogen-bond acceptors (Lipinski definition) is 3. The third kappa shape index (κ3) is 3.72. The van der Waals surface area contributed by atoms with E-state index in [2.05, 4.69) is 31.9 Å². The van der Waals surface area contributed by atoms with Crippen LogP contribution in [0.4, 0.5) is 0 Å². The van der Waals surface area contributed by atoms with E-state index in [-0.39, 0.29) is 6.61 Å². The standard InChI is InChI=1S/C14H23NO2/c1-11-12(2)14(17-4)7-6-13(11)10-15(3)8-5-9-16/h6-7,16H,5,8-10H2,1-4H3. The average molecular weight is 237 g/mol. The molecule has 0 aliphatic heterocycles. The van der Waals surface area contributed by atoms with Crippen LogP contribution in [0.3, 0.4) is 0 Å². The van der Waals surface area contributed by atoms with E-state index < -0.39 is 0 Å². The largest absolute Gasteiger partial charge is 0.496 e. The van der Waals surface area contributed by atoms with Crippen molar-refractivity contribution < 1.29 is 9.84 Å². The molecule has 3 nitrogen and oxygen atoms in total. The van der Waals surface area contributed by atoms with Crippen molar-refractivity contribution in [1.29, 1.82) is 0 Å². The molecular formula is C14H23NO2. The summed E-state index contributed by atoms with van der Waals surface area (Å²) in [5.41, 5.74) is 3.82. The monoisotopic (exact) mass is 237 g/mol. The lowest BCUT2D eigenvalue weighted by Crippen LogP contribution is -2.20. The number of methoxy groups -OCH3 is 1. The van der Waals surface area contributed by atoms with Gasteiger partial charge in [0, 0.05) is 19.7 Å². The average Bonchev–Trinajstić information content (AvgIpc) is 2.33. The summed E-state index contributed by atoms with van der Waals surface area (Å²) in [7, 11) is 3.78. The highest BCUT2D eigenvalue weighted by Crippen LogP contribution is 2.24. The van der Waals surface area contributed by atoms with Gasteiger partial charge in [-0.05, 0) is 50.1 Å². The Labute approximate surface area is 104 Å². The fraction of sp³-hybridized carbons (Fsp3) is 0.571. The highest BCUT2D eigenvalue weighted by molar-refractivity contribution is 5.43. The SMILES string of the molecule is COc1ccc(CN(C)CCCO)c(C)c1C. The molecule has 0 heterocycles. The molecule has 0 aliphatic rings. The van der Waals surface area contributed by atoms with E-state index in [1.165, 1.54) is 16.7 Å². The van der Waals surface area contributed by atoms with Crippen LogP contribution in [-0.4, -0.2) is 37.3 Å². The molecule has 0 radical (unpaired) electrons. The van der Waals surface area contributed by atoms with Crippen LogP contribution in [0.5, 0.6) is 5.75 Å². The molecule has 0 saturated heterocycles. The zero-order valence-electron chi connectivity index (χ0n) is 11.3. The maximum Gasteiger partial charge on any atom is 0.122 e. The minimum absolute atomic E-state index is 0.255. The van der Waals surface area contributed by atoms with Crippen LogP contribution in [0.25, 0.3) is 0 Å². The van der Waals surface area contributed by atoms with Gasteiger partial charge in [0.15, 0.2) is 0 Å². The predicted molar refractivity (Wildman–Crippen MR) is 70.5 cm³/mol. The molecule has 17 heavy (non-hydrogen) atoms. The Bertz CT molecular complexity index is 363. The Balaban J connectivity index is 2.75. The van der Waals surface area contributed by atoms with Crippen molar-refractivity contribution in [3.05, 3.63) is 28.8 Å². The van der Waals surface area contributed by atoms with E-state index in [9.17, 15) is 0 Å². The predicted octanol–water partition coefficient (Wildman–Crippen LogP) is 2.13. The molecule has 0 aliphatic carbocycles. The lowest BCUT2D eigenvalue weighted by molar-refractivity contribution is 0.244. The topological polar surface area (TPSA) is 32.7 Å². The van der Waals surface area contributed by atoms with Crippen LogP contribution in [0.2, 0.25) is 0 Å². The first-order chi connectivity index (χ1) is 8.10. The molecule has 0 bridgehead atoms. The van der Waals surface area contributed by atoms with Crippen molar-refractivity contribution in [3.8, 4) is 5.75 Å². The molecular weight excluding hydrogens is 214 g/mol. The van der Waals surface area contributed by atoms with Gasteiger partial charge in [-0.15, -0.1) is 0 Å². The van der Waals surface area contributed by atoms with E-state index in [0.29, 0.717) is 0 Å². The van der Waals surface area contributed by atoms with Crippen molar-refractivity contribution in [2.24, 2.45) is 0 Å². The highest BCUT2D eigenvalue weighted by Gasteiger charge is 2.08. The summed E-state index contributed by atoms with van der Waals surface area (Å²) >= 11 is 0. The van der Waals surface area contributed by atoms with Gasteiger partial charge < -0.3 is 14.7 Å². The molecule has 1 N–H and O–H groups in total. The summed E-state index contributed by atoms with van der Waals surface area (Å²) in [4.78, 5) is 2.23. The quantitative estimate of drug-likeness (QED) is 0.822. The van der Waals surface area contributed by atoms with Crippen LogP contribution < -0.4 is 4.74 Å². The molecule has 1 aromatic rings. The molecule has 1 rings (SSSR count). The first-order valence-corrected chi connectivity index (χ1v) is 6.02. The Morgan fingerprint density at radius 3 is 2.53 bits per heavy atom. The number of ether oxygens (including phenoxy) is 1. The van der Waals surface area contributed by atoms with E-state index in [1.807, 2.05) is 6.07 Å². The highest BCUT2D eigenvalue weighted by atomic mass is 16.5. The Morgan fingerprint density at radius 2 is 1.94 bits per heavy atom. The minimum atomic E-state index is 0.255. The van der Waals surface area contributed by atoms with Crippen molar-refractivity contribution in [3.63, 3.8) is 0 Å². The summed E-state index contributed by atoms with van der Waals surface area (Å²) in [6.07, 6.45) is 0.824. The Morgan fingerprint density at radius 1 is 1.24 bits per heavy atom. The maximum absolute atomic E-state index is 8.81. The number of hydrogen-bond donors (Lipinski definition) is 1. The van der Waals surface area contributed by atoms with E-state index >= 15 is 0 Å². The van der Waals surface area contributed by atoms with Gasteiger partial charge in [-0.2, -0.15) is 0 Å². The van der Waals surface area contributed by atoms with Gasteiger partial charge in [0.25, 0.3) is 0 Å². The summed E-state index contributed by atoms with van der Waals surface area (Å²) in [6.45, 7) is 6.31. The van der Waals surface area contributed by atoms with Crippen LogP contribution in [0, 0.1) is 13.8 Å². The molecule has 0 unspecified atom stereocenters. The molecule has 96 valence electrons. The van der Waals surface area contributed by atoms with E-state index in [4.69, 9.17) is 9.84 Å². The second-order valence-corrected chi connectivity index (χ2v) is 4.49. The summed E-state index contributed by atoms with van der Waals surface area (Å²) in [6, 6.07) is 4.15. The van der Waals surface area contributed by atoms with Gasteiger partial charge in [-0.25, -0.2) is 0 Å². The van der Waals surface area contributed by atoms with Gasteiger partial charge >= 0.3 is 0 Å². The van der Waals surface area contributed by atoms with Crippen LogP contribution in [0.15, 0.2) is 12.1 Å². The van der Waals surface area contributed by atoms with Gasteiger partial charge in [0.05, 0.1) is 7.11 Å². The minimum Gasteiger partial charge on any atom is -0.496 e. The molecule has 0 saturated carbocycles. The number of rotatable bonds is 6. The van der Waals surface area contributed by atoms with Crippen molar-refractivity contribution >= 4 is 0 Å². The molecule has 0 amide bonds. The molecule has 1 aromatic carbocycles. The summed E-state index contributed by atoms with van der Waals surface area (Å²) in [5.74, 6) is 0.948. The van der Waals surface area contributed by atoms with Gasteiger partial charge in [-0.1, -0.05) is 6.07 Å².